The molecule has 1 N–H and O–H groups in total. The molecule has 0 saturated heterocycles. The van der Waals surface area contributed by atoms with Gasteiger partial charge in [-0.25, -0.2) is 8.42 Å². The summed E-state index contributed by atoms with van der Waals surface area (Å²) in [5, 5.41) is 2.83. The average molecular weight is 504 g/mol. The molecule has 1 heterocycles. The van der Waals surface area contributed by atoms with Crippen LogP contribution in [0.25, 0.3) is 0 Å². The molecule has 0 aromatic heterocycles. The number of aryl methyl sites for hydroxylation is 1. The normalized spacial score (nSPS) is 13.8. The zero-order valence-corrected chi connectivity index (χ0v) is 21.6. The third-order valence-corrected chi connectivity index (χ3v) is 6.71. The Morgan fingerprint density at radius 2 is 1.63 bits per heavy atom. The number of nitrogens with one attached hydrogen (secondary N) is 1. The van der Waals surface area contributed by atoms with Crippen LogP contribution in [0.3, 0.4) is 0 Å². The molecule has 2 aromatic rings. The molecule has 0 spiro atoms. The number of hydrogen-bond acceptors (Lipinski definition) is 6. The maximum Gasteiger partial charge on any atom is 0.244 e. The number of hydrogen-bond donors (Lipinski definition) is 1. The first-order valence-electron chi connectivity index (χ1n) is 11.5. The van der Waals surface area contributed by atoms with Gasteiger partial charge in [0.2, 0.25) is 21.8 Å². The fourth-order valence-corrected chi connectivity index (χ4v) is 4.52. The van der Waals surface area contributed by atoms with E-state index < -0.39 is 28.5 Å². The molecular weight excluding hydrogens is 470 g/mol. The Bertz CT molecular complexity index is 1160. The van der Waals surface area contributed by atoms with Crippen molar-refractivity contribution in [2.45, 2.75) is 46.3 Å². The Morgan fingerprint density at radius 1 is 1.00 bits per heavy atom. The fourth-order valence-electron chi connectivity index (χ4n) is 3.68. The highest BCUT2D eigenvalue weighted by Gasteiger charge is 2.30. The highest BCUT2D eigenvalue weighted by atomic mass is 32.2. The van der Waals surface area contributed by atoms with E-state index in [-0.39, 0.29) is 24.2 Å². The molecule has 1 aliphatic rings. The van der Waals surface area contributed by atoms with Crippen LogP contribution in [0.4, 0.5) is 5.69 Å². The maximum absolute atomic E-state index is 13.5. The number of carbonyl (C=O) groups excluding carboxylic acids is 2. The standard InChI is InChI=1S/C25H33N3O6S/c1-17(2)26-25(30)19(4)27(15-20-8-6-18(3)7-9-20)24(29)16-28(35(5,31)32)21-10-11-22-23(14-21)34-13-12-33-22/h6-11,14,17,19H,12-13,15-16H2,1-5H3,(H,26,30)/t19-/m1/s1. The van der Waals surface area contributed by atoms with Crippen LogP contribution < -0.4 is 19.1 Å². The number of sulfonamides is 1. The lowest BCUT2D eigenvalue weighted by Gasteiger charge is -2.32. The summed E-state index contributed by atoms with van der Waals surface area (Å²) in [7, 11) is -3.83. The summed E-state index contributed by atoms with van der Waals surface area (Å²) in [6.45, 7) is 7.72. The first-order valence-corrected chi connectivity index (χ1v) is 13.3. The van der Waals surface area contributed by atoms with Gasteiger partial charge in [-0.05, 0) is 45.4 Å². The van der Waals surface area contributed by atoms with Crippen LogP contribution >= 0.6 is 0 Å². The summed E-state index contributed by atoms with van der Waals surface area (Å²) in [5.74, 6) is 0.110. The summed E-state index contributed by atoms with van der Waals surface area (Å²) >= 11 is 0. The fraction of sp³-hybridized carbons (Fsp3) is 0.440. The Morgan fingerprint density at radius 3 is 2.23 bits per heavy atom. The van der Waals surface area contributed by atoms with Gasteiger partial charge in [0.15, 0.2) is 11.5 Å². The highest BCUT2D eigenvalue weighted by molar-refractivity contribution is 7.92. The highest BCUT2D eigenvalue weighted by Crippen LogP contribution is 2.34. The third kappa shape index (κ3) is 6.88. The number of amides is 2. The molecular formula is C25H33N3O6S. The van der Waals surface area contributed by atoms with Crippen molar-refractivity contribution in [2.75, 3.05) is 30.3 Å². The van der Waals surface area contributed by atoms with Gasteiger partial charge in [-0.15, -0.1) is 0 Å². The maximum atomic E-state index is 13.5. The van der Waals surface area contributed by atoms with Gasteiger partial charge in [0.1, 0.15) is 25.8 Å². The molecule has 190 valence electrons. The van der Waals surface area contributed by atoms with E-state index in [0.29, 0.717) is 24.7 Å². The molecule has 2 aromatic carbocycles. The predicted octanol–water partition coefficient (Wildman–Crippen LogP) is 2.47. The van der Waals surface area contributed by atoms with Gasteiger partial charge in [0, 0.05) is 18.7 Å². The Labute approximate surface area is 207 Å². The molecule has 0 fully saturated rings. The van der Waals surface area contributed by atoms with Gasteiger partial charge < -0.3 is 19.7 Å². The lowest BCUT2D eigenvalue weighted by molar-refractivity contribution is -0.139. The van der Waals surface area contributed by atoms with E-state index in [9.17, 15) is 18.0 Å². The largest absolute Gasteiger partial charge is 0.486 e. The summed E-state index contributed by atoms with van der Waals surface area (Å²) < 4.78 is 37.5. The number of anilines is 1. The molecule has 0 unspecified atom stereocenters. The SMILES string of the molecule is Cc1ccc(CN(C(=O)CN(c2ccc3c(c2)OCCO3)S(C)(=O)=O)[C@H](C)C(=O)NC(C)C)cc1. The Balaban J connectivity index is 1.91. The van der Waals surface area contributed by atoms with Crippen molar-refractivity contribution in [1.29, 1.82) is 0 Å². The van der Waals surface area contributed by atoms with Gasteiger partial charge in [-0.2, -0.15) is 0 Å². The average Bonchev–Trinajstić information content (AvgIpc) is 2.80. The van der Waals surface area contributed by atoms with E-state index in [1.165, 1.54) is 4.90 Å². The van der Waals surface area contributed by atoms with Crippen molar-refractivity contribution in [3.8, 4) is 11.5 Å². The van der Waals surface area contributed by atoms with Crippen LogP contribution in [-0.4, -0.2) is 63.2 Å². The zero-order chi connectivity index (χ0) is 25.8. The number of ether oxygens (including phenoxy) is 2. The Kier molecular flexibility index (Phi) is 8.26. The van der Waals surface area contributed by atoms with Gasteiger partial charge in [0.25, 0.3) is 0 Å². The van der Waals surface area contributed by atoms with Crippen molar-refractivity contribution < 1.29 is 27.5 Å². The minimum absolute atomic E-state index is 0.105. The number of rotatable bonds is 9. The van der Waals surface area contributed by atoms with Crippen molar-refractivity contribution in [3.05, 3.63) is 53.6 Å². The number of benzene rings is 2. The quantitative estimate of drug-likeness (QED) is 0.564. The van der Waals surface area contributed by atoms with E-state index in [2.05, 4.69) is 5.32 Å². The topological polar surface area (TPSA) is 105 Å². The lowest BCUT2D eigenvalue weighted by Crippen LogP contribution is -2.52. The first kappa shape index (κ1) is 26.3. The third-order valence-electron chi connectivity index (χ3n) is 5.56. The molecule has 0 bridgehead atoms. The molecule has 0 aliphatic carbocycles. The number of carbonyl (C=O) groups is 2. The number of nitrogens with zero attached hydrogens (tertiary/aromatic N) is 2. The Hall–Kier alpha value is -3.27. The summed E-state index contributed by atoms with van der Waals surface area (Å²) in [6, 6.07) is 11.4. The van der Waals surface area contributed by atoms with Crippen molar-refractivity contribution in [3.63, 3.8) is 0 Å². The van der Waals surface area contributed by atoms with Crippen molar-refractivity contribution in [1.82, 2.24) is 10.2 Å². The molecule has 10 heteroatoms. The summed E-state index contributed by atoms with van der Waals surface area (Å²) in [6.07, 6.45) is 1.04. The zero-order valence-electron chi connectivity index (χ0n) is 20.8. The number of fused-ring (bicyclic) bond motifs is 1. The molecule has 0 saturated carbocycles. The van der Waals surface area contributed by atoms with Gasteiger partial charge in [-0.1, -0.05) is 29.8 Å². The molecule has 1 aliphatic heterocycles. The monoisotopic (exact) mass is 503 g/mol. The van der Waals surface area contributed by atoms with Crippen LogP contribution in [0.1, 0.15) is 31.9 Å². The minimum Gasteiger partial charge on any atom is -0.486 e. The van der Waals surface area contributed by atoms with Gasteiger partial charge in [0.05, 0.1) is 11.9 Å². The molecule has 9 nitrogen and oxygen atoms in total. The molecule has 3 rings (SSSR count). The first-order chi connectivity index (χ1) is 16.5. The van der Waals surface area contributed by atoms with E-state index in [0.717, 1.165) is 21.7 Å². The smallest absolute Gasteiger partial charge is 0.244 e. The van der Waals surface area contributed by atoms with Crippen molar-refractivity contribution >= 4 is 27.5 Å². The van der Waals surface area contributed by atoms with Crippen molar-refractivity contribution in [2.24, 2.45) is 0 Å². The second kappa shape index (κ2) is 11.0. The van der Waals surface area contributed by atoms with Gasteiger partial charge in [-0.3, -0.25) is 13.9 Å². The predicted molar refractivity (Wildman–Crippen MR) is 134 cm³/mol. The molecule has 35 heavy (non-hydrogen) atoms. The summed E-state index contributed by atoms with van der Waals surface area (Å²) in [5.41, 5.74) is 2.18. The minimum atomic E-state index is -3.83. The van der Waals surface area contributed by atoms with E-state index in [4.69, 9.17) is 9.47 Å². The lowest BCUT2D eigenvalue weighted by atomic mass is 10.1. The summed E-state index contributed by atoms with van der Waals surface area (Å²) in [4.78, 5) is 27.7. The molecule has 0 radical (unpaired) electrons. The van der Waals surface area contributed by atoms with Crippen LogP contribution in [0.15, 0.2) is 42.5 Å². The molecule has 2 amide bonds. The second-order valence-corrected chi connectivity index (χ2v) is 10.9. The van der Waals surface area contributed by atoms with Crippen LogP contribution in [0.2, 0.25) is 0 Å². The van der Waals surface area contributed by atoms with Crippen LogP contribution in [0, 0.1) is 6.92 Å². The van der Waals surface area contributed by atoms with E-state index in [1.807, 2.05) is 45.0 Å². The van der Waals surface area contributed by atoms with Crippen LogP contribution in [0.5, 0.6) is 11.5 Å². The van der Waals surface area contributed by atoms with Crippen LogP contribution in [-0.2, 0) is 26.2 Å². The van der Waals surface area contributed by atoms with Gasteiger partial charge >= 0.3 is 0 Å². The molecule has 1 atom stereocenters. The van der Waals surface area contributed by atoms with E-state index in [1.54, 1.807) is 25.1 Å². The second-order valence-electron chi connectivity index (χ2n) is 8.94. The van der Waals surface area contributed by atoms with E-state index >= 15 is 0 Å².